The van der Waals surface area contributed by atoms with Crippen LogP contribution in [0.25, 0.3) is 0 Å². The van der Waals surface area contributed by atoms with E-state index < -0.39 is 0 Å². The SMILES string of the molecule is O=CCCCCCCCCCCCCCC(Cl)C=O. The number of carbonyl (C=O) groups excluding carboxylic acids is 2. The van der Waals surface area contributed by atoms with Crippen LogP contribution in [0.2, 0.25) is 0 Å². The Morgan fingerprint density at radius 1 is 0.684 bits per heavy atom. The molecule has 2 nitrogen and oxygen atoms in total. The predicted molar refractivity (Wildman–Crippen MR) is 81.8 cm³/mol. The van der Waals surface area contributed by atoms with Gasteiger partial charge >= 0.3 is 0 Å². The second-order valence-electron chi connectivity index (χ2n) is 5.29. The van der Waals surface area contributed by atoms with Gasteiger partial charge in [-0.25, -0.2) is 0 Å². The van der Waals surface area contributed by atoms with Gasteiger partial charge in [0, 0.05) is 6.42 Å². The fraction of sp³-hybridized carbons (Fsp3) is 0.875. The van der Waals surface area contributed by atoms with Crippen molar-refractivity contribution < 1.29 is 9.59 Å². The van der Waals surface area contributed by atoms with Crippen LogP contribution in [-0.4, -0.2) is 17.9 Å². The monoisotopic (exact) mass is 288 g/mol. The molecule has 0 aromatic heterocycles. The maximum atomic E-state index is 10.3. The molecular weight excluding hydrogens is 260 g/mol. The third-order valence-corrected chi connectivity index (χ3v) is 3.77. The van der Waals surface area contributed by atoms with Crippen molar-refractivity contribution in [2.45, 2.75) is 88.8 Å². The number of alkyl halides is 1. The minimum Gasteiger partial charge on any atom is -0.303 e. The first-order valence-electron chi connectivity index (χ1n) is 7.84. The summed E-state index contributed by atoms with van der Waals surface area (Å²) in [5.41, 5.74) is 0. The highest BCUT2D eigenvalue weighted by atomic mass is 35.5. The number of aldehydes is 2. The minimum absolute atomic E-state index is 0.279. The van der Waals surface area contributed by atoms with Crippen LogP contribution in [0.4, 0.5) is 0 Å². The Morgan fingerprint density at radius 3 is 1.53 bits per heavy atom. The van der Waals surface area contributed by atoms with Crippen molar-refractivity contribution in [1.82, 2.24) is 0 Å². The molecule has 0 rings (SSSR count). The normalized spacial score (nSPS) is 12.3. The number of carbonyl (C=O) groups is 2. The summed E-state index contributed by atoms with van der Waals surface area (Å²) < 4.78 is 0. The van der Waals surface area contributed by atoms with Crippen molar-refractivity contribution in [3.8, 4) is 0 Å². The van der Waals surface area contributed by atoms with Crippen molar-refractivity contribution in [1.29, 1.82) is 0 Å². The second-order valence-corrected chi connectivity index (χ2v) is 5.85. The highest BCUT2D eigenvalue weighted by Gasteiger charge is 2.00. The summed E-state index contributed by atoms with van der Waals surface area (Å²) in [5.74, 6) is 0. The number of rotatable bonds is 15. The van der Waals surface area contributed by atoms with Crippen molar-refractivity contribution in [3.05, 3.63) is 0 Å². The fourth-order valence-corrected chi connectivity index (χ4v) is 2.38. The summed E-state index contributed by atoms with van der Waals surface area (Å²) >= 11 is 5.72. The molecule has 0 aromatic carbocycles. The van der Waals surface area contributed by atoms with Gasteiger partial charge in [0.1, 0.15) is 12.6 Å². The van der Waals surface area contributed by atoms with Crippen LogP contribution >= 0.6 is 11.6 Å². The highest BCUT2D eigenvalue weighted by molar-refractivity contribution is 6.27. The molecule has 3 heteroatoms. The molecule has 1 unspecified atom stereocenters. The average Bonchev–Trinajstić information content (AvgIpc) is 2.43. The largest absolute Gasteiger partial charge is 0.303 e. The molecule has 0 aromatic rings. The van der Waals surface area contributed by atoms with Gasteiger partial charge in [0.25, 0.3) is 0 Å². The molecule has 1 atom stereocenters. The Bertz CT molecular complexity index is 207. The first kappa shape index (κ1) is 18.6. The van der Waals surface area contributed by atoms with Crippen molar-refractivity contribution in [2.24, 2.45) is 0 Å². The molecule has 0 aliphatic heterocycles. The molecule has 0 fully saturated rings. The molecule has 0 bridgehead atoms. The van der Waals surface area contributed by atoms with Gasteiger partial charge in [-0.1, -0.05) is 64.2 Å². The van der Waals surface area contributed by atoms with E-state index in [0.717, 1.165) is 38.3 Å². The van der Waals surface area contributed by atoms with Gasteiger partial charge in [-0.3, -0.25) is 0 Å². The Labute approximate surface area is 123 Å². The van der Waals surface area contributed by atoms with Crippen LogP contribution < -0.4 is 0 Å². The highest BCUT2D eigenvalue weighted by Crippen LogP contribution is 2.13. The van der Waals surface area contributed by atoms with E-state index >= 15 is 0 Å². The fourth-order valence-electron chi connectivity index (χ4n) is 2.23. The molecule has 0 spiro atoms. The number of unbranched alkanes of at least 4 members (excludes halogenated alkanes) is 11. The molecule has 0 N–H and O–H groups in total. The van der Waals surface area contributed by atoms with Crippen molar-refractivity contribution in [3.63, 3.8) is 0 Å². The maximum absolute atomic E-state index is 10.3. The van der Waals surface area contributed by atoms with Crippen LogP contribution in [0.3, 0.4) is 0 Å². The number of halogens is 1. The Kier molecular flexibility index (Phi) is 15.4. The third-order valence-electron chi connectivity index (χ3n) is 3.45. The van der Waals surface area contributed by atoms with E-state index in [0.29, 0.717) is 0 Å². The molecule has 0 radical (unpaired) electrons. The summed E-state index contributed by atoms with van der Waals surface area (Å²) in [6.45, 7) is 0. The predicted octanol–water partition coefficient (Wildman–Crippen LogP) is 5.06. The molecule has 0 aliphatic carbocycles. The Morgan fingerprint density at radius 2 is 1.11 bits per heavy atom. The van der Waals surface area contributed by atoms with Gasteiger partial charge < -0.3 is 9.59 Å². The van der Waals surface area contributed by atoms with Crippen LogP contribution in [0.5, 0.6) is 0 Å². The summed E-state index contributed by atoms with van der Waals surface area (Å²) in [7, 11) is 0. The van der Waals surface area contributed by atoms with E-state index in [1.54, 1.807) is 0 Å². The summed E-state index contributed by atoms with van der Waals surface area (Å²) in [6, 6.07) is 0. The van der Waals surface area contributed by atoms with E-state index in [1.165, 1.54) is 57.8 Å². The summed E-state index contributed by atoms with van der Waals surface area (Å²) in [4.78, 5) is 20.4. The van der Waals surface area contributed by atoms with Gasteiger partial charge in [-0.05, 0) is 12.8 Å². The lowest BCUT2D eigenvalue weighted by Gasteiger charge is -2.03. The zero-order chi connectivity index (χ0) is 14.2. The van der Waals surface area contributed by atoms with Gasteiger partial charge in [-0.15, -0.1) is 11.6 Å². The molecular formula is C16H29ClO2. The first-order chi connectivity index (χ1) is 9.31. The van der Waals surface area contributed by atoms with E-state index in [9.17, 15) is 9.59 Å². The topological polar surface area (TPSA) is 34.1 Å². The third kappa shape index (κ3) is 15.6. The van der Waals surface area contributed by atoms with Crippen molar-refractivity contribution in [2.75, 3.05) is 0 Å². The van der Waals surface area contributed by atoms with E-state index in [2.05, 4.69) is 0 Å². The van der Waals surface area contributed by atoms with Gasteiger partial charge in [-0.2, -0.15) is 0 Å². The Balaban J connectivity index is 2.99. The zero-order valence-corrected chi connectivity index (χ0v) is 12.9. The van der Waals surface area contributed by atoms with Crippen LogP contribution in [0.1, 0.15) is 83.5 Å². The maximum Gasteiger partial charge on any atom is 0.137 e. The smallest absolute Gasteiger partial charge is 0.137 e. The molecule has 0 heterocycles. The lowest BCUT2D eigenvalue weighted by Crippen LogP contribution is -1.98. The zero-order valence-electron chi connectivity index (χ0n) is 12.1. The molecule has 0 amide bonds. The molecule has 112 valence electrons. The van der Waals surface area contributed by atoms with E-state index in [4.69, 9.17) is 11.6 Å². The molecule has 19 heavy (non-hydrogen) atoms. The number of hydrogen-bond donors (Lipinski definition) is 0. The molecule has 0 aliphatic rings. The van der Waals surface area contributed by atoms with Crippen molar-refractivity contribution >= 4 is 24.2 Å². The average molecular weight is 289 g/mol. The quantitative estimate of drug-likeness (QED) is 0.240. The van der Waals surface area contributed by atoms with Gasteiger partial charge in [0.05, 0.1) is 5.38 Å². The number of hydrogen-bond acceptors (Lipinski definition) is 2. The van der Waals surface area contributed by atoms with Crippen LogP contribution in [0.15, 0.2) is 0 Å². The van der Waals surface area contributed by atoms with Gasteiger partial charge in [0.2, 0.25) is 0 Å². The van der Waals surface area contributed by atoms with E-state index in [1.807, 2.05) is 0 Å². The van der Waals surface area contributed by atoms with Crippen LogP contribution in [0, 0.1) is 0 Å². The molecule has 0 saturated heterocycles. The van der Waals surface area contributed by atoms with Crippen LogP contribution in [-0.2, 0) is 9.59 Å². The molecule has 0 saturated carbocycles. The second kappa shape index (κ2) is 15.7. The van der Waals surface area contributed by atoms with Gasteiger partial charge in [0.15, 0.2) is 0 Å². The Hall–Kier alpha value is -0.370. The lowest BCUT2D eigenvalue weighted by molar-refractivity contribution is -0.108. The minimum atomic E-state index is -0.279. The first-order valence-corrected chi connectivity index (χ1v) is 8.28. The summed E-state index contributed by atoms with van der Waals surface area (Å²) in [5, 5.41) is -0.279. The standard InChI is InChI=1S/C16H29ClO2/c17-16(15-19)13-11-9-7-5-3-1-2-4-6-8-10-12-14-18/h14-16H,1-13H2. The lowest BCUT2D eigenvalue weighted by atomic mass is 10.0. The van der Waals surface area contributed by atoms with E-state index in [-0.39, 0.29) is 5.38 Å². The summed E-state index contributed by atoms with van der Waals surface area (Å²) in [6.07, 6.45) is 17.1.